The minimum Gasteiger partial charge on any atom is -0.493 e. The highest BCUT2D eigenvalue weighted by molar-refractivity contribution is 5.64. The van der Waals surface area contributed by atoms with Gasteiger partial charge in [0.1, 0.15) is 6.33 Å². The topological polar surface area (TPSA) is 44.2 Å². The zero-order valence-corrected chi connectivity index (χ0v) is 11.7. The molecule has 1 aromatic heterocycles. The Bertz CT molecular complexity index is 568. The Labute approximate surface area is 113 Å². The summed E-state index contributed by atoms with van der Waals surface area (Å²) >= 11 is 0. The fourth-order valence-electron chi connectivity index (χ4n) is 1.84. The molecular weight excluding hydrogens is 240 g/mol. The van der Waals surface area contributed by atoms with Crippen LogP contribution >= 0.6 is 0 Å². The second-order valence-corrected chi connectivity index (χ2v) is 4.55. The zero-order valence-electron chi connectivity index (χ0n) is 11.7. The number of nitrogens with zero attached hydrogens (tertiary/aromatic N) is 2. The predicted octanol–water partition coefficient (Wildman–Crippen LogP) is 3.28. The Morgan fingerprint density at radius 1 is 0.947 bits per heavy atom. The van der Waals surface area contributed by atoms with Gasteiger partial charge >= 0.3 is 0 Å². The zero-order chi connectivity index (χ0) is 13.8. The molecule has 100 valence electrons. The van der Waals surface area contributed by atoms with Crippen molar-refractivity contribution in [3.05, 3.63) is 36.3 Å². The molecule has 2 rings (SSSR count). The third kappa shape index (κ3) is 2.84. The molecule has 0 bridgehead atoms. The molecule has 0 fully saturated rings. The summed E-state index contributed by atoms with van der Waals surface area (Å²) in [4.78, 5) is 8.59. The summed E-state index contributed by atoms with van der Waals surface area (Å²) < 4.78 is 10.5. The number of hydrogen-bond donors (Lipinski definition) is 0. The number of hydrogen-bond acceptors (Lipinski definition) is 4. The van der Waals surface area contributed by atoms with E-state index >= 15 is 0 Å². The Hall–Kier alpha value is -2.10. The Kier molecular flexibility index (Phi) is 4.00. The van der Waals surface area contributed by atoms with Crippen LogP contribution in [0, 0.1) is 0 Å². The maximum absolute atomic E-state index is 5.31. The van der Waals surface area contributed by atoms with E-state index in [1.165, 1.54) is 0 Å². The van der Waals surface area contributed by atoms with Crippen molar-refractivity contribution >= 4 is 0 Å². The highest BCUT2D eigenvalue weighted by Gasteiger charge is 2.09. The maximum Gasteiger partial charge on any atom is 0.161 e. The lowest BCUT2D eigenvalue weighted by Gasteiger charge is -2.10. The van der Waals surface area contributed by atoms with Crippen LogP contribution in [0.1, 0.15) is 25.5 Å². The molecule has 1 heterocycles. The number of aromatic nitrogens is 2. The largest absolute Gasteiger partial charge is 0.493 e. The van der Waals surface area contributed by atoms with E-state index in [0.717, 1.165) is 17.0 Å². The lowest BCUT2D eigenvalue weighted by atomic mass is 10.1. The molecule has 0 aliphatic rings. The normalized spacial score (nSPS) is 10.6. The Morgan fingerprint density at radius 3 is 2.32 bits per heavy atom. The van der Waals surface area contributed by atoms with Gasteiger partial charge in [-0.15, -0.1) is 0 Å². The number of benzene rings is 1. The van der Waals surface area contributed by atoms with Crippen molar-refractivity contribution in [3.8, 4) is 22.8 Å². The van der Waals surface area contributed by atoms with Gasteiger partial charge in [-0.2, -0.15) is 0 Å². The summed E-state index contributed by atoms with van der Waals surface area (Å²) in [6.45, 7) is 4.22. The standard InChI is InChI=1S/C15H18N2O2/c1-10(2)12-8-13(17-9-16-12)11-5-6-14(18-3)15(7-11)19-4/h5-10H,1-4H3. The molecular formula is C15H18N2O2. The Balaban J connectivity index is 2.44. The van der Waals surface area contributed by atoms with Crippen LogP contribution in [0.5, 0.6) is 11.5 Å². The smallest absolute Gasteiger partial charge is 0.161 e. The van der Waals surface area contributed by atoms with Crippen LogP contribution in [-0.4, -0.2) is 24.2 Å². The van der Waals surface area contributed by atoms with Gasteiger partial charge in [0.25, 0.3) is 0 Å². The van der Waals surface area contributed by atoms with Gasteiger partial charge in [0.15, 0.2) is 11.5 Å². The molecule has 0 saturated carbocycles. The summed E-state index contributed by atoms with van der Waals surface area (Å²) in [6, 6.07) is 7.77. The number of rotatable bonds is 4. The summed E-state index contributed by atoms with van der Waals surface area (Å²) in [5, 5.41) is 0. The van der Waals surface area contributed by atoms with Crippen LogP contribution in [0.2, 0.25) is 0 Å². The SMILES string of the molecule is COc1ccc(-c2cc(C(C)C)ncn2)cc1OC. The van der Waals surface area contributed by atoms with Gasteiger partial charge in [0.2, 0.25) is 0 Å². The van der Waals surface area contributed by atoms with Crippen LogP contribution in [0.15, 0.2) is 30.6 Å². The summed E-state index contributed by atoms with van der Waals surface area (Å²) in [6.07, 6.45) is 1.60. The average molecular weight is 258 g/mol. The molecule has 2 aromatic rings. The van der Waals surface area contributed by atoms with E-state index < -0.39 is 0 Å². The molecule has 0 aliphatic heterocycles. The number of methoxy groups -OCH3 is 2. The van der Waals surface area contributed by atoms with E-state index in [-0.39, 0.29) is 0 Å². The van der Waals surface area contributed by atoms with Crippen molar-refractivity contribution in [2.45, 2.75) is 19.8 Å². The summed E-state index contributed by atoms with van der Waals surface area (Å²) in [5.41, 5.74) is 2.90. The summed E-state index contributed by atoms with van der Waals surface area (Å²) in [5.74, 6) is 1.79. The van der Waals surface area contributed by atoms with E-state index in [4.69, 9.17) is 9.47 Å². The fraction of sp³-hybridized carbons (Fsp3) is 0.333. The van der Waals surface area contributed by atoms with E-state index in [0.29, 0.717) is 17.4 Å². The number of ether oxygens (including phenoxy) is 2. The molecule has 0 saturated heterocycles. The molecule has 0 spiro atoms. The second-order valence-electron chi connectivity index (χ2n) is 4.55. The van der Waals surface area contributed by atoms with E-state index in [9.17, 15) is 0 Å². The molecule has 19 heavy (non-hydrogen) atoms. The fourth-order valence-corrected chi connectivity index (χ4v) is 1.84. The average Bonchev–Trinajstić information content (AvgIpc) is 2.46. The molecule has 0 amide bonds. The van der Waals surface area contributed by atoms with Crippen LogP contribution in [0.3, 0.4) is 0 Å². The third-order valence-corrected chi connectivity index (χ3v) is 2.96. The second kappa shape index (κ2) is 5.69. The first kappa shape index (κ1) is 13.3. The molecule has 0 atom stereocenters. The van der Waals surface area contributed by atoms with Gasteiger partial charge in [0, 0.05) is 11.3 Å². The highest BCUT2D eigenvalue weighted by atomic mass is 16.5. The molecule has 0 unspecified atom stereocenters. The van der Waals surface area contributed by atoms with Crippen LogP contribution in [-0.2, 0) is 0 Å². The van der Waals surface area contributed by atoms with Gasteiger partial charge < -0.3 is 9.47 Å². The van der Waals surface area contributed by atoms with Crippen LogP contribution in [0.4, 0.5) is 0 Å². The highest BCUT2D eigenvalue weighted by Crippen LogP contribution is 2.31. The molecule has 0 aliphatic carbocycles. The van der Waals surface area contributed by atoms with Crippen molar-refractivity contribution in [1.29, 1.82) is 0 Å². The molecule has 4 heteroatoms. The lowest BCUT2D eigenvalue weighted by Crippen LogP contribution is -1.96. The quantitative estimate of drug-likeness (QED) is 0.844. The summed E-state index contributed by atoms with van der Waals surface area (Å²) in [7, 11) is 3.25. The van der Waals surface area contributed by atoms with Crippen LogP contribution < -0.4 is 9.47 Å². The van der Waals surface area contributed by atoms with Crippen LogP contribution in [0.25, 0.3) is 11.3 Å². The molecule has 0 radical (unpaired) electrons. The van der Waals surface area contributed by atoms with Crippen molar-refractivity contribution in [1.82, 2.24) is 9.97 Å². The van der Waals surface area contributed by atoms with Gasteiger partial charge in [-0.25, -0.2) is 9.97 Å². The van der Waals surface area contributed by atoms with E-state index in [2.05, 4.69) is 23.8 Å². The lowest BCUT2D eigenvalue weighted by molar-refractivity contribution is 0.355. The first-order valence-electron chi connectivity index (χ1n) is 6.20. The van der Waals surface area contributed by atoms with Crippen molar-refractivity contribution in [3.63, 3.8) is 0 Å². The van der Waals surface area contributed by atoms with Gasteiger partial charge in [-0.1, -0.05) is 13.8 Å². The third-order valence-electron chi connectivity index (χ3n) is 2.96. The maximum atomic E-state index is 5.31. The minimum absolute atomic E-state index is 0.377. The predicted molar refractivity (Wildman–Crippen MR) is 74.7 cm³/mol. The molecule has 4 nitrogen and oxygen atoms in total. The first-order chi connectivity index (χ1) is 9.15. The van der Waals surface area contributed by atoms with Crippen molar-refractivity contribution in [2.24, 2.45) is 0 Å². The van der Waals surface area contributed by atoms with Crippen molar-refractivity contribution in [2.75, 3.05) is 14.2 Å². The van der Waals surface area contributed by atoms with Gasteiger partial charge in [0.05, 0.1) is 19.9 Å². The van der Waals surface area contributed by atoms with E-state index in [1.54, 1.807) is 20.5 Å². The van der Waals surface area contributed by atoms with Gasteiger partial charge in [-0.3, -0.25) is 0 Å². The first-order valence-corrected chi connectivity index (χ1v) is 6.20. The van der Waals surface area contributed by atoms with E-state index in [1.807, 2.05) is 24.3 Å². The molecule has 1 aromatic carbocycles. The van der Waals surface area contributed by atoms with Crippen molar-refractivity contribution < 1.29 is 9.47 Å². The molecule has 0 N–H and O–H groups in total. The monoisotopic (exact) mass is 258 g/mol. The van der Waals surface area contributed by atoms with Gasteiger partial charge in [-0.05, 0) is 30.2 Å². The Morgan fingerprint density at radius 2 is 1.68 bits per heavy atom. The minimum atomic E-state index is 0.377.